The number of likely N-dealkylation sites (N-methyl/N-ethyl adjacent to an activating group) is 1. The lowest BCUT2D eigenvalue weighted by Gasteiger charge is -2.33. The molecule has 1 aromatic rings. The van der Waals surface area contributed by atoms with Crippen molar-refractivity contribution >= 4 is 17.5 Å². The highest BCUT2D eigenvalue weighted by Gasteiger charge is 2.27. The summed E-state index contributed by atoms with van der Waals surface area (Å²) in [5.41, 5.74) is 6.34. The number of benzene rings is 1. The van der Waals surface area contributed by atoms with E-state index in [9.17, 15) is 9.59 Å². The van der Waals surface area contributed by atoms with Crippen molar-refractivity contribution in [3.8, 4) is 0 Å². The zero-order valence-electron chi connectivity index (χ0n) is 14.4. The Balaban J connectivity index is 1.92. The monoisotopic (exact) mass is 332 g/mol. The van der Waals surface area contributed by atoms with Crippen molar-refractivity contribution in [3.63, 3.8) is 0 Å². The third kappa shape index (κ3) is 5.04. The number of nitrogens with one attached hydrogen (secondary N) is 1. The van der Waals surface area contributed by atoms with Gasteiger partial charge in [-0.15, -0.1) is 0 Å². The van der Waals surface area contributed by atoms with Gasteiger partial charge in [0.25, 0.3) is 0 Å². The van der Waals surface area contributed by atoms with E-state index in [1.165, 1.54) is 0 Å². The normalized spacial score (nSPS) is 18.2. The number of anilines is 1. The molecule has 1 aliphatic heterocycles. The Bertz CT molecular complexity index is 535. The second kappa shape index (κ2) is 9.39. The lowest BCUT2D eigenvalue weighted by atomic mass is 9.97. The molecule has 132 valence electrons. The summed E-state index contributed by atoms with van der Waals surface area (Å²) in [5.74, 6) is 0.0737. The molecule has 6 heteroatoms. The molecular formula is C18H28N4O2. The number of hydrogen-bond acceptors (Lipinski definition) is 4. The number of nitrogens with zero attached hydrogens (tertiary/aromatic N) is 2. The maximum Gasteiger partial charge on any atom is 0.241 e. The minimum Gasteiger partial charge on any atom is -0.355 e. The van der Waals surface area contributed by atoms with Crippen LogP contribution >= 0.6 is 0 Å². The van der Waals surface area contributed by atoms with Crippen LogP contribution in [-0.4, -0.2) is 56.0 Å². The summed E-state index contributed by atoms with van der Waals surface area (Å²) < 4.78 is 0. The standard InChI is InChI=1S/C18H28N4O2/c1-2-22(16-8-4-3-5-9-16)17(23)14-21-12-6-7-15(13-21)18(24)20-11-10-19/h3-5,8-9,15H,2,6-7,10-14,19H2,1H3,(H,20,24). The molecule has 0 radical (unpaired) electrons. The molecule has 24 heavy (non-hydrogen) atoms. The average molecular weight is 332 g/mol. The summed E-state index contributed by atoms with van der Waals surface area (Å²) >= 11 is 0. The highest BCUT2D eigenvalue weighted by atomic mass is 16.2. The molecule has 6 nitrogen and oxygen atoms in total. The number of carbonyl (C=O) groups is 2. The summed E-state index contributed by atoms with van der Waals surface area (Å²) in [4.78, 5) is 28.6. The first-order chi connectivity index (χ1) is 11.7. The molecule has 2 amide bonds. The topological polar surface area (TPSA) is 78.7 Å². The van der Waals surface area contributed by atoms with E-state index in [1.807, 2.05) is 37.3 Å². The van der Waals surface area contributed by atoms with Gasteiger partial charge in [-0.3, -0.25) is 14.5 Å². The van der Waals surface area contributed by atoms with Gasteiger partial charge in [-0.25, -0.2) is 0 Å². The van der Waals surface area contributed by atoms with E-state index in [4.69, 9.17) is 5.73 Å². The molecule has 1 saturated heterocycles. The fourth-order valence-electron chi connectivity index (χ4n) is 3.14. The molecule has 3 N–H and O–H groups in total. The third-order valence-electron chi connectivity index (χ3n) is 4.36. The lowest BCUT2D eigenvalue weighted by Crippen LogP contribution is -2.48. The van der Waals surface area contributed by atoms with Crippen LogP contribution in [0.25, 0.3) is 0 Å². The van der Waals surface area contributed by atoms with Gasteiger partial charge in [-0.05, 0) is 38.4 Å². The van der Waals surface area contributed by atoms with Crippen molar-refractivity contribution < 1.29 is 9.59 Å². The minimum atomic E-state index is -0.0510. The second-order valence-electron chi connectivity index (χ2n) is 6.13. The van der Waals surface area contributed by atoms with E-state index in [1.54, 1.807) is 4.90 Å². The number of likely N-dealkylation sites (tertiary alicyclic amines) is 1. The number of piperidine rings is 1. The van der Waals surface area contributed by atoms with Gasteiger partial charge in [0.2, 0.25) is 11.8 Å². The van der Waals surface area contributed by atoms with Crippen LogP contribution in [0.5, 0.6) is 0 Å². The molecule has 0 aromatic heterocycles. The number of nitrogens with two attached hydrogens (primary N) is 1. The lowest BCUT2D eigenvalue weighted by molar-refractivity contribution is -0.128. The maximum absolute atomic E-state index is 12.7. The van der Waals surface area contributed by atoms with Crippen LogP contribution in [0.15, 0.2) is 30.3 Å². The van der Waals surface area contributed by atoms with Crippen molar-refractivity contribution in [1.82, 2.24) is 10.2 Å². The van der Waals surface area contributed by atoms with Crippen LogP contribution < -0.4 is 16.0 Å². The summed E-state index contributed by atoms with van der Waals surface area (Å²) in [6.45, 7) is 5.41. The van der Waals surface area contributed by atoms with Gasteiger partial charge in [0, 0.05) is 31.9 Å². The molecule has 1 atom stereocenters. The zero-order chi connectivity index (χ0) is 17.4. The molecule has 2 rings (SSSR count). The van der Waals surface area contributed by atoms with E-state index < -0.39 is 0 Å². The van der Waals surface area contributed by atoms with Crippen molar-refractivity contribution in [1.29, 1.82) is 0 Å². The molecule has 0 bridgehead atoms. The molecule has 1 fully saturated rings. The van der Waals surface area contributed by atoms with E-state index in [0.717, 1.165) is 25.1 Å². The van der Waals surface area contributed by atoms with Gasteiger partial charge in [-0.1, -0.05) is 18.2 Å². The van der Waals surface area contributed by atoms with Crippen LogP contribution in [0.4, 0.5) is 5.69 Å². The first-order valence-corrected chi connectivity index (χ1v) is 8.71. The number of carbonyl (C=O) groups excluding carboxylic acids is 2. The predicted octanol–water partition coefficient (Wildman–Crippen LogP) is 0.826. The maximum atomic E-state index is 12.7. The van der Waals surface area contributed by atoms with Crippen molar-refractivity contribution in [3.05, 3.63) is 30.3 Å². The van der Waals surface area contributed by atoms with Crippen molar-refractivity contribution in [2.45, 2.75) is 19.8 Å². The van der Waals surface area contributed by atoms with E-state index >= 15 is 0 Å². The first kappa shape index (κ1) is 18.4. The van der Waals surface area contributed by atoms with Crippen LogP contribution in [0, 0.1) is 5.92 Å². The SMILES string of the molecule is CCN(C(=O)CN1CCCC(C(=O)NCCN)C1)c1ccccc1. The quantitative estimate of drug-likeness (QED) is 0.775. The number of amides is 2. The smallest absolute Gasteiger partial charge is 0.241 e. The second-order valence-corrected chi connectivity index (χ2v) is 6.13. The van der Waals surface area contributed by atoms with Crippen molar-refractivity contribution in [2.75, 3.05) is 44.2 Å². The van der Waals surface area contributed by atoms with Crippen LogP contribution in [0.1, 0.15) is 19.8 Å². The van der Waals surface area contributed by atoms with Crippen LogP contribution in [-0.2, 0) is 9.59 Å². The fourth-order valence-corrected chi connectivity index (χ4v) is 3.14. The highest BCUT2D eigenvalue weighted by Crippen LogP contribution is 2.18. The minimum absolute atomic E-state index is 0.0491. The van der Waals surface area contributed by atoms with Gasteiger partial charge in [0.15, 0.2) is 0 Å². The van der Waals surface area contributed by atoms with Crippen LogP contribution in [0.2, 0.25) is 0 Å². The molecule has 1 unspecified atom stereocenters. The Kier molecular flexibility index (Phi) is 7.21. The summed E-state index contributed by atoms with van der Waals surface area (Å²) in [6, 6.07) is 9.70. The van der Waals surface area contributed by atoms with Gasteiger partial charge in [0.1, 0.15) is 0 Å². The molecule has 0 aliphatic carbocycles. The number of hydrogen-bond donors (Lipinski definition) is 2. The Morgan fingerprint density at radius 2 is 2.08 bits per heavy atom. The number of rotatable bonds is 7. The average Bonchev–Trinajstić information content (AvgIpc) is 2.61. The summed E-state index contributed by atoms with van der Waals surface area (Å²) in [5, 5.41) is 2.85. The highest BCUT2D eigenvalue weighted by molar-refractivity contribution is 5.94. The molecule has 1 aliphatic rings. The molecule has 0 saturated carbocycles. The zero-order valence-corrected chi connectivity index (χ0v) is 14.4. The summed E-state index contributed by atoms with van der Waals surface area (Å²) in [6.07, 6.45) is 1.81. The largest absolute Gasteiger partial charge is 0.355 e. The van der Waals surface area contributed by atoms with Gasteiger partial charge < -0.3 is 16.0 Å². The van der Waals surface area contributed by atoms with Gasteiger partial charge in [0.05, 0.1) is 12.5 Å². The number of para-hydroxylation sites is 1. The van der Waals surface area contributed by atoms with E-state index in [-0.39, 0.29) is 17.7 Å². The van der Waals surface area contributed by atoms with Gasteiger partial charge in [-0.2, -0.15) is 0 Å². The van der Waals surface area contributed by atoms with Gasteiger partial charge >= 0.3 is 0 Å². The Morgan fingerprint density at radius 3 is 2.75 bits per heavy atom. The molecule has 0 spiro atoms. The Hall–Kier alpha value is -1.92. The Morgan fingerprint density at radius 1 is 1.33 bits per heavy atom. The van der Waals surface area contributed by atoms with Crippen molar-refractivity contribution in [2.24, 2.45) is 11.7 Å². The predicted molar refractivity (Wildman–Crippen MR) is 95.7 cm³/mol. The molecular weight excluding hydrogens is 304 g/mol. The molecule has 1 heterocycles. The third-order valence-corrected chi connectivity index (χ3v) is 4.36. The molecule has 1 aromatic carbocycles. The van der Waals surface area contributed by atoms with Crippen LogP contribution in [0.3, 0.4) is 0 Å². The first-order valence-electron chi connectivity index (χ1n) is 8.71. The summed E-state index contributed by atoms with van der Waals surface area (Å²) in [7, 11) is 0. The fraction of sp³-hybridized carbons (Fsp3) is 0.556. The Labute approximate surface area is 144 Å². The van der Waals surface area contributed by atoms with E-state index in [2.05, 4.69) is 10.2 Å². The van der Waals surface area contributed by atoms with E-state index in [0.29, 0.717) is 32.7 Å².